The van der Waals surface area contributed by atoms with Crippen LogP contribution < -0.4 is 5.32 Å². The number of likely N-dealkylation sites (tertiary alicyclic amines) is 1. The second-order valence-electron chi connectivity index (χ2n) is 5.75. The van der Waals surface area contributed by atoms with E-state index in [1.165, 1.54) is 17.5 Å². The summed E-state index contributed by atoms with van der Waals surface area (Å²) in [5, 5.41) is 11.7. The number of H-pyrrole nitrogens is 1. The average molecular weight is 340 g/mol. The zero-order valence-corrected chi connectivity index (χ0v) is 14.2. The van der Waals surface area contributed by atoms with Gasteiger partial charge in [-0.15, -0.1) is 11.8 Å². The lowest BCUT2D eigenvalue weighted by Crippen LogP contribution is -2.33. The van der Waals surface area contributed by atoms with Crippen LogP contribution in [-0.2, 0) is 4.79 Å². The molecule has 5 nitrogen and oxygen atoms in total. The van der Waals surface area contributed by atoms with Crippen molar-refractivity contribution in [3.63, 3.8) is 0 Å². The number of thioether (sulfide) groups is 1. The molecular formula is C18H20N4OS. The molecule has 1 unspecified atom stereocenters. The zero-order chi connectivity index (χ0) is 16.8. The molecule has 1 aliphatic rings. The number of rotatable bonds is 6. The molecule has 2 heterocycles. The Kier molecular flexibility index (Phi) is 5.57. The number of hydrogen-bond acceptors (Lipinski definition) is 4. The summed E-state index contributed by atoms with van der Waals surface area (Å²) in [5.41, 5.74) is 1.95. The van der Waals surface area contributed by atoms with Crippen LogP contribution in [0, 0.1) is 11.3 Å². The van der Waals surface area contributed by atoms with Crippen LogP contribution in [0.3, 0.4) is 0 Å². The van der Waals surface area contributed by atoms with E-state index < -0.39 is 0 Å². The van der Waals surface area contributed by atoms with Crippen LogP contribution in [0.2, 0.25) is 0 Å². The molecule has 1 aliphatic heterocycles. The number of carbonyl (C=O) groups excluding carboxylic acids is 1. The summed E-state index contributed by atoms with van der Waals surface area (Å²) >= 11 is 1.44. The van der Waals surface area contributed by atoms with Crippen molar-refractivity contribution in [2.24, 2.45) is 0 Å². The summed E-state index contributed by atoms with van der Waals surface area (Å²) in [6, 6.07) is 14.1. The molecule has 2 N–H and O–H groups in total. The van der Waals surface area contributed by atoms with Crippen molar-refractivity contribution in [3.8, 4) is 6.07 Å². The number of hydrogen-bond donors (Lipinski definition) is 2. The van der Waals surface area contributed by atoms with Gasteiger partial charge in [0.15, 0.2) is 0 Å². The number of nitrogens with zero attached hydrogens (tertiary/aromatic N) is 2. The van der Waals surface area contributed by atoms with Gasteiger partial charge in [0.05, 0.1) is 30.1 Å². The lowest BCUT2D eigenvalue weighted by Gasteiger charge is -2.23. The Morgan fingerprint density at radius 3 is 3.04 bits per heavy atom. The quantitative estimate of drug-likeness (QED) is 0.791. The first kappa shape index (κ1) is 16.6. The lowest BCUT2D eigenvalue weighted by atomic mass is 10.1. The molecule has 1 amide bonds. The van der Waals surface area contributed by atoms with Crippen molar-refractivity contribution in [3.05, 3.63) is 48.3 Å². The van der Waals surface area contributed by atoms with Gasteiger partial charge in [-0.2, -0.15) is 5.26 Å². The van der Waals surface area contributed by atoms with E-state index in [0.29, 0.717) is 12.3 Å². The molecule has 1 aromatic heterocycles. The second kappa shape index (κ2) is 8.04. The van der Waals surface area contributed by atoms with E-state index in [2.05, 4.69) is 27.3 Å². The first-order valence-electron chi connectivity index (χ1n) is 8.04. The fourth-order valence-electron chi connectivity index (χ4n) is 3.10. The monoisotopic (exact) mass is 340 g/mol. The topological polar surface area (TPSA) is 71.9 Å². The van der Waals surface area contributed by atoms with Crippen LogP contribution in [0.1, 0.15) is 24.6 Å². The Morgan fingerprint density at radius 1 is 1.38 bits per heavy atom. The van der Waals surface area contributed by atoms with Gasteiger partial charge >= 0.3 is 0 Å². The molecule has 3 rings (SSSR count). The van der Waals surface area contributed by atoms with Crippen LogP contribution in [0.5, 0.6) is 0 Å². The van der Waals surface area contributed by atoms with Crippen LogP contribution >= 0.6 is 11.8 Å². The number of amides is 1. The van der Waals surface area contributed by atoms with E-state index in [4.69, 9.17) is 5.26 Å². The van der Waals surface area contributed by atoms with Crippen LogP contribution in [0.25, 0.3) is 0 Å². The molecule has 1 fully saturated rings. The first-order valence-corrected chi connectivity index (χ1v) is 9.02. The highest BCUT2D eigenvalue weighted by molar-refractivity contribution is 7.99. The van der Waals surface area contributed by atoms with E-state index in [1.807, 2.05) is 36.5 Å². The predicted octanol–water partition coefficient (Wildman–Crippen LogP) is 3.41. The van der Waals surface area contributed by atoms with Gasteiger partial charge in [0, 0.05) is 16.8 Å². The maximum Gasteiger partial charge on any atom is 0.238 e. The van der Waals surface area contributed by atoms with Gasteiger partial charge in [0.2, 0.25) is 5.91 Å². The molecule has 6 heteroatoms. The van der Waals surface area contributed by atoms with Crippen LogP contribution in [-0.4, -0.2) is 34.6 Å². The number of nitrogens with one attached hydrogen (secondary N) is 2. The molecule has 1 aromatic carbocycles. The molecule has 0 radical (unpaired) electrons. The third kappa shape index (κ3) is 3.99. The van der Waals surface area contributed by atoms with Crippen molar-refractivity contribution in [2.75, 3.05) is 24.2 Å². The number of aromatic amines is 1. The summed E-state index contributed by atoms with van der Waals surface area (Å²) in [7, 11) is 0. The normalized spacial score (nSPS) is 17.5. The van der Waals surface area contributed by atoms with Gasteiger partial charge in [-0.05, 0) is 43.7 Å². The second-order valence-corrected chi connectivity index (χ2v) is 6.76. The first-order chi connectivity index (χ1) is 11.8. The lowest BCUT2D eigenvalue weighted by molar-refractivity contribution is -0.117. The number of benzene rings is 1. The van der Waals surface area contributed by atoms with Gasteiger partial charge in [-0.3, -0.25) is 9.69 Å². The standard InChI is InChI=1S/C18H20N4OS/c19-9-12-24-17-8-2-1-5-15(17)21-18(23)13-22-11-4-7-16(22)14-6-3-10-20-14/h1-3,5-6,8,10,16,20H,4,7,11-13H2,(H,21,23). The van der Waals surface area contributed by atoms with E-state index >= 15 is 0 Å². The molecule has 0 aliphatic carbocycles. The summed E-state index contributed by atoms with van der Waals surface area (Å²) in [4.78, 5) is 18.9. The fourth-order valence-corrected chi connectivity index (χ4v) is 3.77. The average Bonchev–Trinajstić information content (AvgIpc) is 3.25. The Morgan fingerprint density at radius 2 is 2.25 bits per heavy atom. The number of carbonyl (C=O) groups is 1. The van der Waals surface area contributed by atoms with E-state index in [0.717, 1.165) is 30.0 Å². The van der Waals surface area contributed by atoms with E-state index in [-0.39, 0.29) is 11.9 Å². The Balaban J connectivity index is 1.63. The summed E-state index contributed by atoms with van der Waals surface area (Å²) in [5.74, 6) is 0.354. The Hall–Kier alpha value is -2.23. The number of aromatic nitrogens is 1. The summed E-state index contributed by atoms with van der Waals surface area (Å²) in [6.45, 7) is 1.31. The molecule has 1 atom stereocenters. The minimum Gasteiger partial charge on any atom is -0.364 e. The minimum atomic E-state index is -0.0153. The Labute approximate surface area is 146 Å². The zero-order valence-electron chi connectivity index (χ0n) is 13.4. The highest BCUT2D eigenvalue weighted by Gasteiger charge is 2.28. The van der Waals surface area contributed by atoms with Gasteiger partial charge < -0.3 is 10.3 Å². The van der Waals surface area contributed by atoms with Crippen molar-refractivity contribution in [1.82, 2.24) is 9.88 Å². The van der Waals surface area contributed by atoms with Gasteiger partial charge in [-0.25, -0.2) is 0 Å². The third-order valence-corrected chi connectivity index (χ3v) is 5.09. The molecule has 24 heavy (non-hydrogen) atoms. The van der Waals surface area contributed by atoms with Crippen molar-refractivity contribution in [1.29, 1.82) is 5.26 Å². The Bertz CT molecular complexity index is 723. The van der Waals surface area contributed by atoms with Gasteiger partial charge in [0.25, 0.3) is 0 Å². The maximum absolute atomic E-state index is 12.5. The van der Waals surface area contributed by atoms with E-state index in [9.17, 15) is 4.79 Å². The third-order valence-electron chi connectivity index (χ3n) is 4.14. The van der Waals surface area contributed by atoms with Crippen molar-refractivity contribution >= 4 is 23.4 Å². The highest BCUT2D eigenvalue weighted by atomic mass is 32.2. The molecule has 0 spiro atoms. The molecule has 0 saturated carbocycles. The van der Waals surface area contributed by atoms with Gasteiger partial charge in [0.1, 0.15) is 0 Å². The maximum atomic E-state index is 12.5. The largest absolute Gasteiger partial charge is 0.364 e. The van der Waals surface area contributed by atoms with Crippen molar-refractivity contribution < 1.29 is 4.79 Å². The molecule has 0 bridgehead atoms. The minimum absolute atomic E-state index is 0.0153. The molecule has 124 valence electrons. The van der Waals surface area contributed by atoms with Crippen molar-refractivity contribution in [2.45, 2.75) is 23.8 Å². The van der Waals surface area contributed by atoms with E-state index in [1.54, 1.807) is 0 Å². The highest BCUT2D eigenvalue weighted by Crippen LogP contribution is 2.31. The summed E-state index contributed by atoms with van der Waals surface area (Å²) in [6.07, 6.45) is 4.10. The SMILES string of the molecule is N#CCSc1ccccc1NC(=O)CN1CCCC1c1ccc[nH]1. The number of nitriles is 1. The number of para-hydroxylation sites is 1. The molecule has 2 aromatic rings. The molecule has 1 saturated heterocycles. The van der Waals surface area contributed by atoms with Crippen LogP contribution in [0.15, 0.2) is 47.5 Å². The van der Waals surface area contributed by atoms with Gasteiger partial charge in [-0.1, -0.05) is 12.1 Å². The fraction of sp³-hybridized carbons (Fsp3) is 0.333. The predicted molar refractivity (Wildman–Crippen MR) is 95.7 cm³/mol. The van der Waals surface area contributed by atoms with Crippen LogP contribution in [0.4, 0.5) is 5.69 Å². The number of anilines is 1. The molecular weight excluding hydrogens is 320 g/mol. The summed E-state index contributed by atoms with van der Waals surface area (Å²) < 4.78 is 0. The smallest absolute Gasteiger partial charge is 0.238 e.